The zero-order chi connectivity index (χ0) is 2.00. The Balaban J connectivity index is -0.00000000500. The molecule has 0 aromatic heterocycles. The van der Waals surface area contributed by atoms with Gasteiger partial charge in [0.05, 0.1) is 0 Å². The maximum absolute atomic E-state index is 7.83. The van der Waals surface area contributed by atoms with E-state index >= 15 is 0 Å². The van der Waals surface area contributed by atoms with E-state index in [1.54, 1.807) is 0 Å². The van der Waals surface area contributed by atoms with Crippen molar-refractivity contribution in [1.82, 2.24) is 0 Å². The van der Waals surface area contributed by atoms with Gasteiger partial charge in [-0.05, 0) is 0 Å². The molecule has 0 N–H and O–H groups in total. The monoisotopic (exact) mass is 228 g/mol. The van der Waals surface area contributed by atoms with Crippen LogP contribution in [0.15, 0.2) is 0 Å². The predicted molar refractivity (Wildman–Crippen MR) is 8.14 cm³/mol. The second-order valence-corrected chi connectivity index (χ2v) is 0. The standard InChI is InChI=1S/OS.2Zr/c1-2;;. The molecule has 0 rings (SSSR count). The van der Waals surface area contributed by atoms with Crippen molar-refractivity contribution in [2.75, 3.05) is 0 Å². The van der Waals surface area contributed by atoms with Gasteiger partial charge >= 0.3 is 0 Å². The van der Waals surface area contributed by atoms with E-state index in [1.807, 2.05) is 0 Å². The Hall–Kier alpha value is 1.79. The van der Waals surface area contributed by atoms with Gasteiger partial charge in [0.25, 0.3) is 0 Å². The van der Waals surface area contributed by atoms with Crippen LogP contribution in [0.4, 0.5) is 0 Å². The molecule has 0 heterocycles. The van der Waals surface area contributed by atoms with Gasteiger partial charge in [0.15, 0.2) is 12.5 Å². The Bertz CT molecular complexity index is 6.00. The zero-order valence-corrected chi connectivity index (χ0v) is 7.55. The fourth-order valence-electron chi connectivity index (χ4n) is 0. The summed E-state index contributed by atoms with van der Waals surface area (Å²) in [5.74, 6) is 0. The Morgan fingerprint density at radius 3 is 1.00 bits per heavy atom. The SMILES string of the molecule is O=S.[Zr].[Zr]. The molecule has 0 aliphatic carbocycles. The normalized spacial score (nSPS) is 1.00. The van der Waals surface area contributed by atoms with Crippen molar-refractivity contribution in [2.24, 2.45) is 0 Å². The third-order valence-corrected chi connectivity index (χ3v) is 0. The Labute approximate surface area is 68.3 Å². The van der Waals surface area contributed by atoms with Gasteiger partial charge in [0, 0.05) is 52.4 Å². The van der Waals surface area contributed by atoms with Crippen LogP contribution in [0.1, 0.15) is 0 Å². The molecule has 0 aliphatic heterocycles. The van der Waals surface area contributed by atoms with Crippen molar-refractivity contribution >= 4 is 12.5 Å². The zero-order valence-electron chi connectivity index (χ0n) is 1.82. The third-order valence-electron chi connectivity index (χ3n) is 0. The van der Waals surface area contributed by atoms with E-state index in [0.29, 0.717) is 0 Å². The van der Waals surface area contributed by atoms with Crippen molar-refractivity contribution in [2.45, 2.75) is 0 Å². The molecule has 1 nitrogen and oxygen atoms in total. The van der Waals surface area contributed by atoms with Gasteiger partial charge in [0.2, 0.25) is 0 Å². The summed E-state index contributed by atoms with van der Waals surface area (Å²) in [5.41, 5.74) is 0. The summed E-state index contributed by atoms with van der Waals surface area (Å²) in [6.45, 7) is 0. The van der Waals surface area contributed by atoms with Crippen molar-refractivity contribution in [3.05, 3.63) is 0 Å². The van der Waals surface area contributed by atoms with Crippen LogP contribution in [0.5, 0.6) is 0 Å². The van der Waals surface area contributed by atoms with Gasteiger partial charge in [-0.25, -0.2) is 0 Å². The molecule has 0 fully saturated rings. The van der Waals surface area contributed by atoms with E-state index in [-0.39, 0.29) is 52.4 Å². The molecule has 0 amide bonds. The molecule has 0 bridgehead atoms. The van der Waals surface area contributed by atoms with Crippen molar-refractivity contribution in [3.63, 3.8) is 0 Å². The molecule has 0 saturated carbocycles. The van der Waals surface area contributed by atoms with Crippen LogP contribution in [0.25, 0.3) is 0 Å². The number of hydrogen-bond donors (Lipinski definition) is 0. The first-order valence-electron chi connectivity index (χ1n) is 0.167. The van der Waals surface area contributed by atoms with Crippen LogP contribution < -0.4 is 0 Å². The van der Waals surface area contributed by atoms with Gasteiger partial charge in [-0.1, -0.05) is 0 Å². The summed E-state index contributed by atoms with van der Waals surface area (Å²) in [6.07, 6.45) is 0. The fourth-order valence-corrected chi connectivity index (χ4v) is 0. The summed E-state index contributed by atoms with van der Waals surface area (Å²) in [4.78, 5) is 0. The van der Waals surface area contributed by atoms with Crippen LogP contribution in [-0.4, -0.2) is 4.21 Å². The molecule has 0 aromatic rings. The Morgan fingerprint density at radius 1 is 1.00 bits per heavy atom. The first-order valence-corrected chi connectivity index (χ1v) is 0.500. The smallest absolute Gasteiger partial charge is 0.197 e. The van der Waals surface area contributed by atoms with Crippen LogP contribution >= 0.6 is 0 Å². The summed E-state index contributed by atoms with van der Waals surface area (Å²) < 4.78 is 7.83. The van der Waals surface area contributed by atoms with Crippen LogP contribution in [0.3, 0.4) is 0 Å². The van der Waals surface area contributed by atoms with Gasteiger partial charge in [0.1, 0.15) is 0 Å². The minimum Gasteiger partial charge on any atom is -0.197 e. The van der Waals surface area contributed by atoms with Crippen LogP contribution in [0, 0.1) is 0 Å². The second kappa shape index (κ2) is 21.5. The molecular formula is OSZr2. The molecule has 0 aromatic carbocycles. The molecule has 0 aliphatic rings. The minimum atomic E-state index is 0. The number of rotatable bonds is 0. The van der Waals surface area contributed by atoms with E-state index in [0.717, 1.165) is 0 Å². The first-order chi connectivity index (χ1) is 1.00. The van der Waals surface area contributed by atoms with E-state index < -0.39 is 0 Å². The quantitative estimate of drug-likeness (QED) is 0.566. The molecule has 20 valence electrons. The van der Waals surface area contributed by atoms with E-state index in [9.17, 15) is 0 Å². The van der Waals surface area contributed by atoms with Crippen LogP contribution in [-0.2, 0) is 64.9 Å². The largest absolute Gasteiger partial charge is 0.197 e. The molecule has 4 heavy (non-hydrogen) atoms. The van der Waals surface area contributed by atoms with Crippen molar-refractivity contribution in [3.8, 4) is 0 Å². The van der Waals surface area contributed by atoms with Gasteiger partial charge in [-0.3, -0.25) is 0 Å². The molecule has 0 saturated heterocycles. The Kier molecular flexibility index (Phi) is 91.8. The molecule has 0 atom stereocenters. The minimum absolute atomic E-state index is 0. The van der Waals surface area contributed by atoms with Gasteiger partial charge < -0.3 is 0 Å². The van der Waals surface area contributed by atoms with Gasteiger partial charge in [-0.15, -0.1) is 0 Å². The average Bonchev–Trinajstić information content (AvgIpc) is 1.00. The molecular weight excluding hydrogens is 231 g/mol. The summed E-state index contributed by atoms with van der Waals surface area (Å²) in [5, 5.41) is 0. The summed E-state index contributed by atoms with van der Waals surface area (Å²) in [7, 11) is 0. The van der Waals surface area contributed by atoms with E-state index in [1.165, 1.54) is 0 Å². The van der Waals surface area contributed by atoms with Crippen molar-refractivity contribution in [1.29, 1.82) is 0 Å². The summed E-state index contributed by atoms with van der Waals surface area (Å²) in [6, 6.07) is 0. The topological polar surface area (TPSA) is 17.1 Å². The van der Waals surface area contributed by atoms with Crippen LogP contribution in [0.2, 0.25) is 0 Å². The van der Waals surface area contributed by atoms with Crippen molar-refractivity contribution < 1.29 is 56.6 Å². The maximum Gasteiger partial charge on any atom is 0.197 e. The average molecular weight is 231 g/mol. The molecule has 4 heteroatoms. The Morgan fingerprint density at radius 2 is 1.00 bits per heavy atom. The fraction of sp³-hybridized carbons (Fsp3) is 0. The maximum atomic E-state index is 7.83. The van der Waals surface area contributed by atoms with Gasteiger partial charge in [-0.2, -0.15) is 4.21 Å². The third kappa shape index (κ3) is 9.21. The second-order valence-electron chi connectivity index (χ2n) is 0. The molecule has 0 unspecified atom stereocenters. The first kappa shape index (κ1) is 17.1. The van der Waals surface area contributed by atoms with E-state index in [2.05, 4.69) is 12.5 Å². The predicted octanol–water partition coefficient (Wildman–Crippen LogP) is -0.341. The summed E-state index contributed by atoms with van der Waals surface area (Å²) >= 11 is 2.83. The number of hydrogen-bond acceptors (Lipinski definition) is 2. The van der Waals surface area contributed by atoms with E-state index in [4.69, 9.17) is 4.21 Å². The molecule has 0 spiro atoms. The molecule has 0 radical (unpaired) electrons.